The van der Waals surface area contributed by atoms with Crippen molar-refractivity contribution in [3.05, 3.63) is 64.4 Å². The van der Waals surface area contributed by atoms with E-state index in [1.54, 1.807) is 18.2 Å². The van der Waals surface area contributed by atoms with E-state index in [1.807, 2.05) is 35.0 Å². The van der Waals surface area contributed by atoms with Gasteiger partial charge >= 0.3 is 0 Å². The maximum atomic E-state index is 12.3. The van der Waals surface area contributed by atoms with E-state index in [-0.39, 0.29) is 11.7 Å². The third kappa shape index (κ3) is 4.29. The third-order valence-electron chi connectivity index (χ3n) is 4.11. The van der Waals surface area contributed by atoms with Crippen LogP contribution in [-0.4, -0.2) is 26.4 Å². The van der Waals surface area contributed by atoms with E-state index in [9.17, 15) is 4.79 Å². The number of nitrogens with one attached hydrogen (secondary N) is 1. The molecule has 0 saturated heterocycles. The SMILES string of the molecule is O=C(CSc1nc(C2CC2)n(-c2ccccc2)n1)Nc1cccc(Cl)c1Cl. The van der Waals surface area contributed by atoms with Crippen LogP contribution < -0.4 is 5.32 Å². The van der Waals surface area contributed by atoms with Gasteiger partial charge in [-0.3, -0.25) is 4.79 Å². The van der Waals surface area contributed by atoms with Gasteiger partial charge in [0.25, 0.3) is 0 Å². The number of thioether (sulfide) groups is 1. The molecule has 5 nitrogen and oxygen atoms in total. The Bertz CT molecular complexity index is 973. The lowest BCUT2D eigenvalue weighted by Crippen LogP contribution is -2.14. The van der Waals surface area contributed by atoms with Crippen LogP contribution in [0.15, 0.2) is 53.7 Å². The van der Waals surface area contributed by atoms with Crippen molar-refractivity contribution >= 4 is 46.6 Å². The number of benzene rings is 2. The molecule has 4 rings (SSSR count). The summed E-state index contributed by atoms with van der Waals surface area (Å²) in [6.45, 7) is 0. The number of para-hydroxylation sites is 1. The summed E-state index contributed by atoms with van der Waals surface area (Å²) in [5, 5.41) is 8.69. The quantitative estimate of drug-likeness (QED) is 0.560. The van der Waals surface area contributed by atoms with E-state index in [0.29, 0.717) is 26.8 Å². The first-order valence-electron chi connectivity index (χ1n) is 8.51. The monoisotopic (exact) mass is 418 g/mol. The molecule has 1 aromatic heterocycles. The molecule has 1 saturated carbocycles. The fourth-order valence-electron chi connectivity index (χ4n) is 2.65. The first-order chi connectivity index (χ1) is 13.1. The molecule has 0 bridgehead atoms. The van der Waals surface area contributed by atoms with Crippen molar-refractivity contribution < 1.29 is 4.79 Å². The van der Waals surface area contributed by atoms with Gasteiger partial charge in [0.05, 0.1) is 27.2 Å². The number of carbonyl (C=O) groups is 1. The van der Waals surface area contributed by atoms with E-state index in [4.69, 9.17) is 23.2 Å². The molecular weight excluding hydrogens is 403 g/mol. The maximum absolute atomic E-state index is 12.3. The Kier molecular flexibility index (Phi) is 5.38. The molecule has 1 aliphatic carbocycles. The van der Waals surface area contributed by atoms with Gasteiger partial charge in [0.1, 0.15) is 5.82 Å². The molecule has 1 fully saturated rings. The Balaban J connectivity index is 1.45. The second kappa shape index (κ2) is 7.92. The van der Waals surface area contributed by atoms with Gasteiger partial charge in [0.2, 0.25) is 11.1 Å². The summed E-state index contributed by atoms with van der Waals surface area (Å²) >= 11 is 13.4. The number of carbonyl (C=O) groups excluding carboxylic acids is 1. The normalized spacial score (nSPS) is 13.6. The van der Waals surface area contributed by atoms with Crippen LogP contribution in [0.25, 0.3) is 5.69 Å². The summed E-state index contributed by atoms with van der Waals surface area (Å²) in [6.07, 6.45) is 2.26. The van der Waals surface area contributed by atoms with Crippen LogP contribution in [0.5, 0.6) is 0 Å². The predicted octanol–water partition coefficient (Wildman–Crippen LogP) is 5.18. The topological polar surface area (TPSA) is 59.8 Å². The Labute approximate surface area is 171 Å². The smallest absolute Gasteiger partial charge is 0.234 e. The average molecular weight is 419 g/mol. The maximum Gasteiger partial charge on any atom is 0.234 e. The molecule has 1 heterocycles. The van der Waals surface area contributed by atoms with E-state index < -0.39 is 0 Å². The van der Waals surface area contributed by atoms with Gasteiger partial charge in [-0.05, 0) is 37.1 Å². The van der Waals surface area contributed by atoms with Gasteiger partial charge in [-0.2, -0.15) is 0 Å². The van der Waals surface area contributed by atoms with Crippen LogP contribution in [-0.2, 0) is 4.79 Å². The molecule has 138 valence electrons. The van der Waals surface area contributed by atoms with E-state index in [0.717, 1.165) is 24.4 Å². The fraction of sp³-hybridized carbons (Fsp3) is 0.211. The number of anilines is 1. The number of hydrogen-bond acceptors (Lipinski definition) is 4. The van der Waals surface area contributed by atoms with Crippen LogP contribution in [0.4, 0.5) is 5.69 Å². The van der Waals surface area contributed by atoms with Crippen molar-refractivity contribution in [2.24, 2.45) is 0 Å². The summed E-state index contributed by atoms with van der Waals surface area (Å²) in [5.74, 6) is 1.41. The molecule has 1 aliphatic rings. The van der Waals surface area contributed by atoms with Crippen LogP contribution in [0.1, 0.15) is 24.6 Å². The van der Waals surface area contributed by atoms with Crippen molar-refractivity contribution in [1.82, 2.24) is 14.8 Å². The van der Waals surface area contributed by atoms with Gasteiger partial charge in [0.15, 0.2) is 0 Å². The van der Waals surface area contributed by atoms with Crippen molar-refractivity contribution in [2.45, 2.75) is 23.9 Å². The van der Waals surface area contributed by atoms with Crippen molar-refractivity contribution in [2.75, 3.05) is 11.1 Å². The highest BCUT2D eigenvalue weighted by atomic mass is 35.5. The molecule has 0 atom stereocenters. The van der Waals surface area contributed by atoms with Gasteiger partial charge in [0, 0.05) is 5.92 Å². The van der Waals surface area contributed by atoms with Crippen LogP contribution in [0.3, 0.4) is 0 Å². The van der Waals surface area contributed by atoms with E-state index in [1.165, 1.54) is 11.8 Å². The Morgan fingerprint density at radius 3 is 2.67 bits per heavy atom. The summed E-state index contributed by atoms with van der Waals surface area (Å²) in [7, 11) is 0. The second-order valence-electron chi connectivity index (χ2n) is 6.21. The Morgan fingerprint density at radius 1 is 1.15 bits per heavy atom. The first-order valence-corrected chi connectivity index (χ1v) is 10.2. The van der Waals surface area contributed by atoms with E-state index in [2.05, 4.69) is 15.4 Å². The van der Waals surface area contributed by atoms with Crippen LogP contribution >= 0.6 is 35.0 Å². The zero-order chi connectivity index (χ0) is 18.8. The lowest BCUT2D eigenvalue weighted by Gasteiger charge is -2.07. The minimum absolute atomic E-state index is 0.186. The average Bonchev–Trinajstić information content (AvgIpc) is 3.44. The molecule has 0 radical (unpaired) electrons. The Morgan fingerprint density at radius 2 is 1.93 bits per heavy atom. The Hall–Kier alpha value is -2.02. The summed E-state index contributed by atoms with van der Waals surface area (Å²) < 4.78 is 1.88. The first kappa shape index (κ1) is 18.3. The zero-order valence-corrected chi connectivity index (χ0v) is 16.6. The van der Waals surface area contributed by atoms with Crippen LogP contribution in [0, 0.1) is 0 Å². The molecule has 0 aliphatic heterocycles. The molecule has 3 aromatic rings. The molecule has 8 heteroatoms. The molecule has 27 heavy (non-hydrogen) atoms. The second-order valence-corrected chi connectivity index (χ2v) is 7.94. The number of aromatic nitrogens is 3. The predicted molar refractivity (Wildman–Crippen MR) is 109 cm³/mol. The lowest BCUT2D eigenvalue weighted by molar-refractivity contribution is -0.113. The standard InChI is InChI=1S/C19H16Cl2N4OS/c20-14-7-4-8-15(17(14)21)22-16(26)11-27-19-23-18(12-9-10-12)25(24-19)13-5-2-1-3-6-13/h1-8,12H,9-11H2,(H,22,26). The molecular formula is C19H16Cl2N4OS. The number of amides is 1. The minimum atomic E-state index is -0.187. The van der Waals surface area contributed by atoms with Gasteiger partial charge in [-0.1, -0.05) is 59.2 Å². The van der Waals surface area contributed by atoms with E-state index >= 15 is 0 Å². The zero-order valence-electron chi connectivity index (χ0n) is 14.2. The van der Waals surface area contributed by atoms with Crippen molar-refractivity contribution in [1.29, 1.82) is 0 Å². The van der Waals surface area contributed by atoms with Crippen LogP contribution in [0.2, 0.25) is 10.0 Å². The summed E-state index contributed by atoms with van der Waals surface area (Å²) in [4.78, 5) is 16.9. The minimum Gasteiger partial charge on any atom is -0.324 e. The summed E-state index contributed by atoms with van der Waals surface area (Å²) in [6, 6.07) is 15.1. The molecule has 1 N–H and O–H groups in total. The highest BCUT2D eigenvalue weighted by Gasteiger charge is 2.30. The molecule has 0 unspecified atom stereocenters. The van der Waals surface area contributed by atoms with Crippen molar-refractivity contribution in [3.8, 4) is 5.69 Å². The van der Waals surface area contributed by atoms with Gasteiger partial charge in [-0.15, -0.1) is 5.10 Å². The third-order valence-corrected chi connectivity index (χ3v) is 5.77. The lowest BCUT2D eigenvalue weighted by atomic mass is 10.3. The molecule has 1 amide bonds. The highest BCUT2D eigenvalue weighted by molar-refractivity contribution is 7.99. The largest absolute Gasteiger partial charge is 0.324 e. The number of rotatable bonds is 6. The summed E-state index contributed by atoms with van der Waals surface area (Å²) in [5.41, 5.74) is 1.48. The van der Waals surface area contributed by atoms with Crippen molar-refractivity contribution in [3.63, 3.8) is 0 Å². The number of hydrogen-bond donors (Lipinski definition) is 1. The fourth-order valence-corrected chi connectivity index (χ4v) is 3.62. The molecule has 2 aromatic carbocycles. The molecule has 0 spiro atoms. The number of nitrogens with zero attached hydrogens (tertiary/aromatic N) is 3. The number of halogens is 2. The van der Waals surface area contributed by atoms with Gasteiger partial charge in [-0.25, -0.2) is 9.67 Å². The highest BCUT2D eigenvalue weighted by Crippen LogP contribution is 2.40. The van der Waals surface area contributed by atoms with Gasteiger partial charge < -0.3 is 5.32 Å².